The number of primary amides is 1. The maximum Gasteiger partial charge on any atom is 0.326 e. The molecular weight excluding hydrogens is 237 g/mol. The molecule has 0 bridgehead atoms. The molecule has 0 saturated heterocycles. The van der Waals surface area contributed by atoms with Gasteiger partial charge in [-0.05, 0) is 19.1 Å². The number of amides is 2. The molecule has 0 fully saturated rings. The Morgan fingerprint density at radius 1 is 1.44 bits per heavy atom. The molecule has 8 heteroatoms. The van der Waals surface area contributed by atoms with Crippen LogP contribution in [0.15, 0.2) is 17.0 Å². The molecule has 0 spiro atoms. The Bertz CT molecular complexity index is 542. The molecule has 0 atom stereocenters. The fraction of sp³-hybridized carbons (Fsp3) is 0.125. The van der Waals surface area contributed by atoms with E-state index < -0.39 is 26.8 Å². The van der Waals surface area contributed by atoms with E-state index in [1.807, 2.05) is 0 Å². The van der Waals surface area contributed by atoms with Crippen molar-refractivity contribution >= 4 is 21.7 Å². The lowest BCUT2D eigenvalue weighted by Crippen LogP contribution is -2.35. The molecule has 0 heterocycles. The molecule has 1 rings (SSSR count). The van der Waals surface area contributed by atoms with Gasteiger partial charge in [-0.2, -0.15) is 0 Å². The lowest BCUT2D eigenvalue weighted by atomic mass is 10.2. The molecular formula is C8H10FN3O3S. The molecule has 6 nitrogen and oxygen atoms in total. The first kappa shape index (κ1) is 12.2. The second-order valence-electron chi connectivity index (χ2n) is 3.10. The molecule has 88 valence electrons. The highest BCUT2D eigenvalue weighted by Crippen LogP contribution is 2.21. The molecule has 0 radical (unpaired) electrons. The zero-order valence-corrected chi connectivity index (χ0v) is 9.14. The maximum absolute atomic E-state index is 13.2. The average Bonchev–Trinajstić information content (AvgIpc) is 2.08. The van der Waals surface area contributed by atoms with Gasteiger partial charge in [0.05, 0.1) is 4.90 Å². The van der Waals surface area contributed by atoms with Gasteiger partial charge in [0.1, 0.15) is 5.82 Å². The van der Waals surface area contributed by atoms with E-state index in [1.54, 1.807) is 0 Å². The average molecular weight is 247 g/mol. The van der Waals surface area contributed by atoms with Gasteiger partial charge in [0.15, 0.2) is 0 Å². The van der Waals surface area contributed by atoms with Crippen molar-refractivity contribution < 1.29 is 17.6 Å². The molecule has 0 aromatic heterocycles. The quantitative estimate of drug-likeness (QED) is 0.641. The van der Waals surface area contributed by atoms with Crippen LogP contribution in [-0.4, -0.2) is 14.4 Å². The number of nitrogens with two attached hydrogens (primary N) is 2. The predicted octanol–water partition coefficient (Wildman–Crippen LogP) is 0.0733. The Morgan fingerprint density at radius 3 is 2.50 bits per heavy atom. The molecule has 1 aromatic carbocycles. The van der Waals surface area contributed by atoms with Crippen LogP contribution in [-0.2, 0) is 10.0 Å². The smallest absolute Gasteiger partial charge is 0.326 e. The third kappa shape index (κ3) is 2.40. The van der Waals surface area contributed by atoms with Crippen molar-refractivity contribution in [2.75, 3.05) is 5.73 Å². The number of nitrogens with one attached hydrogen (secondary N) is 1. The van der Waals surface area contributed by atoms with E-state index in [1.165, 1.54) is 11.6 Å². The van der Waals surface area contributed by atoms with Crippen molar-refractivity contribution in [2.45, 2.75) is 11.8 Å². The van der Waals surface area contributed by atoms with E-state index in [0.717, 1.165) is 12.1 Å². The SMILES string of the molecule is Cc1c(F)cc(N)cc1S(=O)(=O)NC(N)=O. The summed E-state index contributed by atoms with van der Waals surface area (Å²) >= 11 is 0. The van der Waals surface area contributed by atoms with Gasteiger partial charge >= 0.3 is 6.03 Å². The third-order valence-corrected chi connectivity index (χ3v) is 3.32. The number of sulfonamides is 1. The lowest BCUT2D eigenvalue weighted by molar-refractivity contribution is 0.253. The number of urea groups is 1. The Hall–Kier alpha value is -1.83. The monoisotopic (exact) mass is 247 g/mol. The molecule has 0 aliphatic carbocycles. The molecule has 16 heavy (non-hydrogen) atoms. The molecule has 0 saturated carbocycles. The van der Waals surface area contributed by atoms with Gasteiger partial charge in [0.2, 0.25) is 0 Å². The highest BCUT2D eigenvalue weighted by molar-refractivity contribution is 7.90. The molecule has 5 N–H and O–H groups in total. The Kier molecular flexibility index (Phi) is 3.04. The molecule has 0 aliphatic heterocycles. The number of rotatable bonds is 2. The maximum atomic E-state index is 13.2. The minimum Gasteiger partial charge on any atom is -0.399 e. The highest BCUT2D eigenvalue weighted by atomic mass is 32.2. The zero-order valence-electron chi connectivity index (χ0n) is 8.32. The van der Waals surface area contributed by atoms with Crippen LogP contribution in [0, 0.1) is 12.7 Å². The molecule has 2 amide bonds. The summed E-state index contributed by atoms with van der Waals surface area (Å²) in [5.74, 6) is -0.773. The first-order valence-corrected chi connectivity index (χ1v) is 5.60. The van der Waals surface area contributed by atoms with Crippen molar-refractivity contribution in [1.29, 1.82) is 0 Å². The fourth-order valence-corrected chi connectivity index (χ4v) is 2.31. The van der Waals surface area contributed by atoms with Crippen LogP contribution >= 0.6 is 0 Å². The normalized spacial score (nSPS) is 11.1. The van der Waals surface area contributed by atoms with E-state index in [9.17, 15) is 17.6 Å². The van der Waals surface area contributed by atoms with Gasteiger partial charge in [-0.15, -0.1) is 0 Å². The number of benzene rings is 1. The number of halogens is 1. The van der Waals surface area contributed by atoms with Crippen molar-refractivity contribution in [2.24, 2.45) is 5.73 Å². The standard InChI is InChI=1S/C8H10FN3O3S/c1-4-6(9)2-5(10)3-7(4)16(14,15)12-8(11)13/h2-3H,10H2,1H3,(H3,11,12,13). The summed E-state index contributed by atoms with van der Waals surface area (Å²) in [6, 6.07) is 0.782. The van der Waals surface area contributed by atoms with Crippen molar-refractivity contribution in [3.8, 4) is 0 Å². The first-order chi connectivity index (χ1) is 7.24. The van der Waals surface area contributed by atoms with Crippen LogP contribution in [0.1, 0.15) is 5.56 Å². The van der Waals surface area contributed by atoms with E-state index in [4.69, 9.17) is 5.73 Å². The van der Waals surface area contributed by atoms with Crippen LogP contribution in [0.4, 0.5) is 14.9 Å². The Morgan fingerprint density at radius 2 is 2.00 bits per heavy atom. The summed E-state index contributed by atoms with van der Waals surface area (Å²) in [6.45, 7) is 1.25. The van der Waals surface area contributed by atoms with Gasteiger partial charge in [-0.1, -0.05) is 0 Å². The summed E-state index contributed by atoms with van der Waals surface area (Å²) in [5.41, 5.74) is 9.80. The van der Waals surface area contributed by atoms with Crippen LogP contribution in [0.2, 0.25) is 0 Å². The first-order valence-electron chi connectivity index (χ1n) is 4.12. The summed E-state index contributed by atoms with van der Waals surface area (Å²) in [5, 5.41) is 0. The number of nitrogen functional groups attached to an aromatic ring is 1. The van der Waals surface area contributed by atoms with Crippen LogP contribution in [0.5, 0.6) is 0 Å². The van der Waals surface area contributed by atoms with E-state index >= 15 is 0 Å². The van der Waals surface area contributed by atoms with Crippen molar-refractivity contribution in [3.05, 3.63) is 23.5 Å². The minimum atomic E-state index is -4.18. The second-order valence-corrected chi connectivity index (χ2v) is 4.75. The van der Waals surface area contributed by atoms with E-state index in [0.29, 0.717) is 0 Å². The van der Waals surface area contributed by atoms with Gasteiger partial charge in [-0.25, -0.2) is 22.3 Å². The molecule has 1 aromatic rings. The van der Waals surface area contributed by atoms with Gasteiger partial charge < -0.3 is 11.5 Å². The van der Waals surface area contributed by atoms with Gasteiger partial charge in [0, 0.05) is 11.3 Å². The molecule has 0 aliphatic rings. The third-order valence-electron chi connectivity index (χ3n) is 1.84. The van der Waals surface area contributed by atoms with Crippen molar-refractivity contribution in [3.63, 3.8) is 0 Å². The van der Waals surface area contributed by atoms with Gasteiger partial charge in [0.25, 0.3) is 10.0 Å². The number of carbonyl (C=O) groups is 1. The Balaban J connectivity index is 3.39. The van der Waals surface area contributed by atoms with Gasteiger partial charge in [-0.3, -0.25) is 0 Å². The Labute approximate surface area is 91.5 Å². The highest BCUT2D eigenvalue weighted by Gasteiger charge is 2.21. The number of carbonyl (C=O) groups excluding carboxylic acids is 1. The number of anilines is 1. The fourth-order valence-electron chi connectivity index (χ4n) is 1.14. The number of hydrogen-bond donors (Lipinski definition) is 3. The summed E-state index contributed by atoms with van der Waals surface area (Å²) in [6.07, 6.45) is 0. The van der Waals surface area contributed by atoms with Crippen LogP contribution < -0.4 is 16.2 Å². The zero-order chi connectivity index (χ0) is 12.5. The lowest BCUT2D eigenvalue weighted by Gasteiger charge is -2.09. The predicted molar refractivity (Wildman–Crippen MR) is 55.5 cm³/mol. The van der Waals surface area contributed by atoms with E-state index in [2.05, 4.69) is 5.73 Å². The second kappa shape index (κ2) is 3.97. The van der Waals surface area contributed by atoms with Crippen LogP contribution in [0.3, 0.4) is 0 Å². The summed E-state index contributed by atoms with van der Waals surface area (Å²) < 4.78 is 37.8. The molecule has 0 unspecified atom stereocenters. The minimum absolute atomic E-state index is 0.0621. The largest absolute Gasteiger partial charge is 0.399 e. The summed E-state index contributed by atoms with van der Waals surface area (Å²) in [4.78, 5) is 10.1. The van der Waals surface area contributed by atoms with E-state index in [-0.39, 0.29) is 11.3 Å². The summed E-state index contributed by atoms with van der Waals surface area (Å²) in [7, 11) is -4.18. The topological polar surface area (TPSA) is 115 Å². The van der Waals surface area contributed by atoms with Crippen molar-refractivity contribution in [1.82, 2.24) is 4.72 Å². The van der Waals surface area contributed by atoms with Crippen LogP contribution in [0.25, 0.3) is 0 Å². The number of hydrogen-bond acceptors (Lipinski definition) is 4.